The molecule has 3 N–H and O–H groups in total. The number of rotatable bonds is 2. The molecule has 0 bridgehead atoms. The largest absolute Gasteiger partial charge is 0.656 e. The van der Waals surface area contributed by atoms with Gasteiger partial charge in [0, 0.05) is 27.6 Å². The number of hydrogen-bond donors (Lipinski definition) is 3. The van der Waals surface area contributed by atoms with E-state index in [-0.39, 0.29) is 11.3 Å². The molecule has 4 nitrogen and oxygen atoms in total. The average Bonchev–Trinajstić information content (AvgIpc) is 3.08. The molecule has 162 valence electrons. The Hall–Kier alpha value is -1.62. The van der Waals surface area contributed by atoms with E-state index in [1.807, 2.05) is 13.1 Å². The Bertz CT molecular complexity index is 1070. The molecule has 4 heteroatoms. The zero-order valence-electron chi connectivity index (χ0n) is 19.1. The van der Waals surface area contributed by atoms with Crippen LogP contribution in [-0.4, -0.2) is 33.9 Å². The van der Waals surface area contributed by atoms with E-state index in [1.54, 1.807) is 0 Å². The maximum atomic E-state index is 13.1. The fraction of sp³-hybridized carbons (Fsp3) is 0.615. The maximum absolute atomic E-state index is 13.1. The lowest BCUT2D eigenvalue weighted by Crippen LogP contribution is -2.69. The minimum atomic E-state index is -1.19. The van der Waals surface area contributed by atoms with Crippen molar-refractivity contribution < 1.29 is 10.2 Å². The van der Waals surface area contributed by atoms with E-state index in [1.165, 1.54) is 5.56 Å². The quantitative estimate of drug-likeness (QED) is 0.611. The van der Waals surface area contributed by atoms with Crippen molar-refractivity contribution in [2.45, 2.75) is 82.0 Å². The van der Waals surface area contributed by atoms with Gasteiger partial charge >= 0.3 is 0 Å². The van der Waals surface area contributed by atoms with Crippen LogP contribution in [0.5, 0.6) is 0 Å². The molecule has 1 fully saturated rings. The summed E-state index contributed by atoms with van der Waals surface area (Å²) in [7, 11) is 1.82. The summed E-state index contributed by atoms with van der Waals surface area (Å²) in [4.78, 5) is 3.64. The van der Waals surface area contributed by atoms with Crippen molar-refractivity contribution in [3.05, 3.63) is 53.0 Å². The molecule has 0 saturated heterocycles. The van der Waals surface area contributed by atoms with E-state index in [0.717, 1.165) is 35.0 Å². The van der Waals surface area contributed by atoms with Gasteiger partial charge in [-0.3, -0.25) is 0 Å². The Kier molecular flexibility index (Phi) is 3.78. The number of nitrogens with zero attached hydrogens (tertiary/aromatic N) is 1. The van der Waals surface area contributed by atoms with Gasteiger partial charge in [-0.25, -0.2) is 0 Å². The lowest BCUT2D eigenvalue weighted by atomic mass is 9.43. The van der Waals surface area contributed by atoms with Crippen LogP contribution in [0.3, 0.4) is 0 Å². The summed E-state index contributed by atoms with van der Waals surface area (Å²) in [6.45, 7) is 15.1. The van der Waals surface area contributed by atoms with Crippen molar-refractivity contribution in [2.24, 2.45) is 11.3 Å². The summed E-state index contributed by atoms with van der Waals surface area (Å²) in [5, 5.41) is 30.8. The number of nitrogens with one attached hydrogen (secondary N) is 1. The van der Waals surface area contributed by atoms with E-state index in [2.05, 4.69) is 64.4 Å². The van der Waals surface area contributed by atoms with E-state index >= 15 is 0 Å². The van der Waals surface area contributed by atoms with Gasteiger partial charge in [-0.15, -0.1) is 6.58 Å². The predicted octanol–water partition coefficient (Wildman–Crippen LogP) is 5.03. The Labute approximate surface area is 179 Å². The molecule has 0 unspecified atom stereocenters. The van der Waals surface area contributed by atoms with Crippen molar-refractivity contribution >= 4 is 10.9 Å². The molecule has 1 heterocycles. The topological polar surface area (TPSA) is 70.3 Å². The molecule has 2 aromatic rings. The number of aromatic amines is 1. The first-order valence-electron chi connectivity index (χ1n) is 11.2. The van der Waals surface area contributed by atoms with Crippen molar-refractivity contribution in [1.82, 2.24) is 4.98 Å². The van der Waals surface area contributed by atoms with Crippen molar-refractivity contribution in [3.63, 3.8) is 0 Å². The van der Waals surface area contributed by atoms with Crippen LogP contribution in [0.15, 0.2) is 30.9 Å². The Morgan fingerprint density at radius 2 is 1.87 bits per heavy atom. The smallest absolute Gasteiger partial charge is 0.0834 e. The number of aromatic nitrogens is 1. The second-order valence-electron chi connectivity index (χ2n) is 11.3. The molecular weight excluding hydrogens is 372 g/mol. The van der Waals surface area contributed by atoms with E-state index in [9.17, 15) is 10.2 Å². The summed E-state index contributed by atoms with van der Waals surface area (Å²) in [6.07, 6.45) is 3.53. The monoisotopic (exact) mass is 407 g/mol. The predicted molar refractivity (Wildman–Crippen MR) is 122 cm³/mol. The van der Waals surface area contributed by atoms with Gasteiger partial charge in [0.2, 0.25) is 0 Å². The van der Waals surface area contributed by atoms with Gasteiger partial charge in [0.05, 0.1) is 11.7 Å². The summed E-state index contributed by atoms with van der Waals surface area (Å²) < 4.78 is 0. The fourth-order valence-electron chi connectivity index (χ4n) is 7.56. The van der Waals surface area contributed by atoms with Gasteiger partial charge in [0.1, 0.15) is 0 Å². The highest BCUT2D eigenvalue weighted by Crippen LogP contribution is 2.70. The van der Waals surface area contributed by atoms with Crippen LogP contribution in [0.4, 0.5) is 0 Å². The summed E-state index contributed by atoms with van der Waals surface area (Å²) in [5.41, 5.74) is 1.02. The standard InChI is InChI=1S/C26H35N2O2/c1-8-24(6)13-12-17-22(2,3)15-10-9-11-16-19(15)20-21(28-16)23(4,5)18(29)14-25(24,27-7)26(17,20)30/h8-11,17-18,28-30H,1,12-14H2,2-7H3/q-1/t17-,18-,24+,25+,26-/m1/s1. The molecule has 0 amide bonds. The minimum Gasteiger partial charge on any atom is -0.656 e. The number of H-pyrrole nitrogens is 1. The first-order valence-corrected chi connectivity index (χ1v) is 11.2. The zero-order chi connectivity index (χ0) is 21.9. The third-order valence-corrected chi connectivity index (χ3v) is 9.60. The Balaban J connectivity index is 2.04. The lowest BCUT2D eigenvalue weighted by molar-refractivity contribution is -0.171. The highest BCUT2D eigenvalue weighted by atomic mass is 16.3. The Morgan fingerprint density at radius 3 is 2.50 bits per heavy atom. The van der Waals surface area contributed by atoms with E-state index in [4.69, 9.17) is 5.32 Å². The number of aliphatic hydroxyl groups is 2. The SMILES string of the molecule is C=C[C@@]1(C)CC[C@@H]2C(C)(C)c3cccc4[nH]c5c(c34)[C@@]2(O)[C@]1([N-]C)C[C@@H](O)C5(C)C. The van der Waals surface area contributed by atoms with Gasteiger partial charge in [-0.05, 0) is 47.6 Å². The van der Waals surface area contributed by atoms with Crippen LogP contribution >= 0.6 is 0 Å². The molecule has 0 radical (unpaired) electrons. The summed E-state index contributed by atoms with van der Waals surface area (Å²) in [5.74, 6) is -0.00419. The summed E-state index contributed by atoms with van der Waals surface area (Å²) >= 11 is 0. The maximum Gasteiger partial charge on any atom is 0.0834 e. The first kappa shape index (κ1) is 20.3. The van der Waals surface area contributed by atoms with Crippen LogP contribution in [0, 0.1) is 11.3 Å². The molecular formula is C26H35N2O2-. The molecule has 1 aromatic carbocycles. The second-order valence-corrected chi connectivity index (χ2v) is 11.3. The Morgan fingerprint density at radius 1 is 1.17 bits per heavy atom. The molecule has 5 atom stereocenters. The van der Waals surface area contributed by atoms with Crippen LogP contribution in [0.2, 0.25) is 0 Å². The molecule has 1 saturated carbocycles. The molecule has 3 aliphatic carbocycles. The third kappa shape index (κ3) is 1.87. The van der Waals surface area contributed by atoms with Crippen LogP contribution in [0.25, 0.3) is 16.2 Å². The lowest BCUT2D eigenvalue weighted by Gasteiger charge is -2.72. The van der Waals surface area contributed by atoms with E-state index in [0.29, 0.717) is 6.42 Å². The van der Waals surface area contributed by atoms with Gasteiger partial charge in [-0.1, -0.05) is 58.4 Å². The van der Waals surface area contributed by atoms with Crippen molar-refractivity contribution in [2.75, 3.05) is 7.05 Å². The molecule has 0 spiro atoms. The minimum absolute atomic E-state index is 0.00419. The molecule has 30 heavy (non-hydrogen) atoms. The van der Waals surface area contributed by atoms with Gasteiger partial charge in [0.15, 0.2) is 0 Å². The van der Waals surface area contributed by atoms with Crippen LogP contribution < -0.4 is 0 Å². The number of likely N-dealkylation sites (N-methyl/N-ethyl adjacent to an activating group) is 1. The first-order chi connectivity index (χ1) is 13.9. The second kappa shape index (κ2) is 5.59. The zero-order valence-corrected chi connectivity index (χ0v) is 19.1. The van der Waals surface area contributed by atoms with Gasteiger partial charge in [-0.2, -0.15) is 7.05 Å². The van der Waals surface area contributed by atoms with Crippen molar-refractivity contribution in [3.8, 4) is 0 Å². The van der Waals surface area contributed by atoms with Gasteiger partial charge in [0.25, 0.3) is 0 Å². The fourth-order valence-corrected chi connectivity index (χ4v) is 7.56. The highest BCUT2D eigenvalue weighted by molar-refractivity contribution is 5.92. The number of hydrogen-bond acceptors (Lipinski definition) is 2. The third-order valence-electron chi connectivity index (χ3n) is 9.60. The van der Waals surface area contributed by atoms with Crippen LogP contribution in [-0.2, 0) is 16.4 Å². The highest BCUT2D eigenvalue weighted by Gasteiger charge is 2.68. The number of aliphatic hydroxyl groups excluding tert-OH is 1. The average molecular weight is 408 g/mol. The van der Waals surface area contributed by atoms with Crippen molar-refractivity contribution in [1.29, 1.82) is 0 Å². The number of benzene rings is 1. The molecule has 5 rings (SSSR count). The van der Waals surface area contributed by atoms with E-state index < -0.39 is 28.1 Å². The normalized spacial score (nSPS) is 40.8. The van der Waals surface area contributed by atoms with Crippen LogP contribution in [0.1, 0.15) is 70.7 Å². The molecule has 1 aromatic heterocycles. The summed E-state index contributed by atoms with van der Waals surface area (Å²) in [6, 6.07) is 6.42. The molecule has 0 aliphatic heterocycles. The van der Waals surface area contributed by atoms with Gasteiger partial charge < -0.3 is 20.5 Å². The molecule has 3 aliphatic rings.